The van der Waals surface area contributed by atoms with Crippen molar-refractivity contribution in [3.05, 3.63) is 33.3 Å². The lowest BCUT2D eigenvalue weighted by atomic mass is 10.0. The zero-order valence-corrected chi connectivity index (χ0v) is 21.8. The van der Waals surface area contributed by atoms with Gasteiger partial charge in [0.15, 0.2) is 11.0 Å². The van der Waals surface area contributed by atoms with Crippen LogP contribution in [0, 0.1) is 12.8 Å². The first-order valence-corrected chi connectivity index (χ1v) is 13.2. The molecular weight excluding hydrogens is 560 g/mol. The Morgan fingerprint density at radius 2 is 1.87 bits per heavy atom. The number of alkyl halides is 6. The standard InChI is InChI=1S/C24H26ClF6N3O3S/c1-12-15(32-22-33-21-16(35)3-2-4-18(21)38-22)9-13(25)10-17(12)37-14-5-7-34(8-6-14)20(36)11-19(23(26,27)28)24(29,30)31/h9-10,14,16,19,35H,2-8,11H2,1H3,(H,32,33). The molecule has 4 rings (SSSR count). The Morgan fingerprint density at radius 3 is 2.47 bits per heavy atom. The van der Waals surface area contributed by atoms with Crippen LogP contribution in [0.5, 0.6) is 5.75 Å². The Balaban J connectivity index is 1.38. The summed E-state index contributed by atoms with van der Waals surface area (Å²) in [6, 6.07) is 3.33. The van der Waals surface area contributed by atoms with E-state index in [0.29, 0.717) is 33.7 Å². The first-order valence-electron chi connectivity index (χ1n) is 12.0. The van der Waals surface area contributed by atoms with Gasteiger partial charge in [-0.2, -0.15) is 26.3 Å². The van der Waals surface area contributed by atoms with Crippen LogP contribution in [0.2, 0.25) is 5.02 Å². The Kier molecular flexibility index (Phi) is 8.39. The van der Waals surface area contributed by atoms with Gasteiger partial charge in [-0.15, -0.1) is 11.3 Å². The second-order valence-corrected chi connectivity index (χ2v) is 11.0. The maximum Gasteiger partial charge on any atom is 0.400 e. The number of aromatic nitrogens is 1. The zero-order chi connectivity index (χ0) is 27.8. The van der Waals surface area contributed by atoms with Gasteiger partial charge < -0.3 is 20.1 Å². The fourth-order valence-corrected chi connectivity index (χ4v) is 5.87. The zero-order valence-electron chi connectivity index (χ0n) is 20.3. The number of aliphatic hydroxyl groups excluding tert-OH is 1. The molecule has 2 heterocycles. The summed E-state index contributed by atoms with van der Waals surface area (Å²) >= 11 is 7.76. The molecule has 1 aliphatic heterocycles. The van der Waals surface area contributed by atoms with Crippen molar-refractivity contribution in [2.24, 2.45) is 5.92 Å². The molecule has 1 unspecified atom stereocenters. The number of benzene rings is 1. The molecule has 2 aromatic rings. The molecule has 38 heavy (non-hydrogen) atoms. The molecule has 0 bridgehead atoms. The fourth-order valence-electron chi connectivity index (χ4n) is 4.59. The second kappa shape index (κ2) is 11.1. The van der Waals surface area contributed by atoms with Gasteiger partial charge in [0.25, 0.3) is 0 Å². The van der Waals surface area contributed by atoms with Gasteiger partial charge in [0, 0.05) is 53.5 Å². The molecule has 14 heteroatoms. The number of nitrogens with one attached hydrogen (secondary N) is 1. The lowest BCUT2D eigenvalue weighted by molar-refractivity contribution is -0.284. The number of aryl methyl sites for hydroxylation is 1. The topological polar surface area (TPSA) is 74.7 Å². The number of piperidine rings is 1. The van der Waals surface area contributed by atoms with Gasteiger partial charge in [0.2, 0.25) is 5.91 Å². The highest BCUT2D eigenvalue weighted by Gasteiger charge is 2.57. The molecule has 1 atom stereocenters. The van der Waals surface area contributed by atoms with Gasteiger partial charge in [0.1, 0.15) is 11.9 Å². The van der Waals surface area contributed by atoms with E-state index in [1.165, 1.54) is 11.3 Å². The van der Waals surface area contributed by atoms with E-state index in [1.54, 1.807) is 12.1 Å². The van der Waals surface area contributed by atoms with Crippen molar-refractivity contribution in [2.75, 3.05) is 18.4 Å². The van der Waals surface area contributed by atoms with Crippen LogP contribution in [-0.2, 0) is 11.2 Å². The molecule has 1 fully saturated rings. The average molecular weight is 586 g/mol. The van der Waals surface area contributed by atoms with Gasteiger partial charge in [0.05, 0.1) is 11.8 Å². The van der Waals surface area contributed by atoms with E-state index in [0.717, 1.165) is 28.2 Å². The first kappa shape index (κ1) is 28.8. The van der Waals surface area contributed by atoms with Crippen LogP contribution >= 0.6 is 22.9 Å². The summed E-state index contributed by atoms with van der Waals surface area (Å²) in [5, 5.41) is 14.4. The molecule has 0 spiro atoms. The number of carbonyl (C=O) groups excluding carboxylic acids is 1. The number of aliphatic hydroxyl groups is 1. The fraction of sp³-hybridized carbons (Fsp3) is 0.583. The van der Waals surface area contributed by atoms with Crippen molar-refractivity contribution in [1.82, 2.24) is 9.88 Å². The number of hydrogen-bond acceptors (Lipinski definition) is 6. The van der Waals surface area contributed by atoms with E-state index >= 15 is 0 Å². The van der Waals surface area contributed by atoms with Crippen molar-refractivity contribution in [3.8, 4) is 5.75 Å². The number of amides is 1. The molecule has 1 amide bonds. The minimum absolute atomic E-state index is 0.0242. The van der Waals surface area contributed by atoms with Gasteiger partial charge in [-0.25, -0.2) is 4.98 Å². The molecule has 0 radical (unpaired) electrons. The van der Waals surface area contributed by atoms with Crippen LogP contribution in [-0.4, -0.2) is 52.4 Å². The summed E-state index contributed by atoms with van der Waals surface area (Å²) < 4.78 is 83.0. The Labute approximate surface area is 223 Å². The summed E-state index contributed by atoms with van der Waals surface area (Å²) in [5.41, 5.74) is 2.05. The first-order chi connectivity index (χ1) is 17.7. The van der Waals surface area contributed by atoms with Crippen molar-refractivity contribution in [1.29, 1.82) is 0 Å². The number of rotatable bonds is 6. The van der Waals surface area contributed by atoms with Crippen molar-refractivity contribution in [3.63, 3.8) is 0 Å². The Bertz CT molecular complexity index is 1150. The van der Waals surface area contributed by atoms with Crippen molar-refractivity contribution in [2.45, 2.75) is 70.0 Å². The largest absolute Gasteiger partial charge is 0.490 e. The number of carbonyl (C=O) groups is 1. The van der Waals surface area contributed by atoms with Gasteiger partial charge in [-0.3, -0.25) is 4.79 Å². The number of ether oxygens (including phenoxy) is 1. The summed E-state index contributed by atoms with van der Waals surface area (Å²) in [4.78, 5) is 18.8. The Hall–Kier alpha value is -2.25. The van der Waals surface area contributed by atoms with E-state index in [2.05, 4.69) is 10.3 Å². The monoisotopic (exact) mass is 585 g/mol. The third-order valence-electron chi connectivity index (χ3n) is 6.75. The molecule has 1 aliphatic carbocycles. The molecule has 1 saturated heterocycles. The van der Waals surface area contributed by atoms with E-state index in [4.69, 9.17) is 16.3 Å². The summed E-state index contributed by atoms with van der Waals surface area (Å²) in [5.74, 6) is -4.42. The van der Waals surface area contributed by atoms with Crippen LogP contribution in [0.3, 0.4) is 0 Å². The third-order valence-corrected chi connectivity index (χ3v) is 8.01. The molecule has 0 saturated carbocycles. The predicted octanol–water partition coefficient (Wildman–Crippen LogP) is 6.72. The summed E-state index contributed by atoms with van der Waals surface area (Å²) in [6.07, 6.45) is -10.9. The van der Waals surface area contributed by atoms with E-state index in [1.807, 2.05) is 6.92 Å². The predicted molar refractivity (Wildman–Crippen MR) is 130 cm³/mol. The Morgan fingerprint density at radius 1 is 1.21 bits per heavy atom. The number of fused-ring (bicyclic) bond motifs is 1. The number of hydrogen-bond donors (Lipinski definition) is 2. The molecule has 2 N–H and O–H groups in total. The maximum atomic E-state index is 12.8. The average Bonchev–Trinajstić information content (AvgIpc) is 3.23. The van der Waals surface area contributed by atoms with E-state index in [9.17, 15) is 36.2 Å². The molecule has 1 aromatic carbocycles. The van der Waals surface area contributed by atoms with Crippen LogP contribution in [0.1, 0.15) is 54.3 Å². The highest BCUT2D eigenvalue weighted by molar-refractivity contribution is 7.15. The normalized spacial score (nSPS) is 19.0. The lowest BCUT2D eigenvalue weighted by Crippen LogP contribution is -2.45. The molecule has 6 nitrogen and oxygen atoms in total. The molecule has 210 valence electrons. The highest BCUT2D eigenvalue weighted by atomic mass is 35.5. The van der Waals surface area contributed by atoms with Crippen LogP contribution < -0.4 is 10.1 Å². The molecular formula is C24H26ClF6N3O3S. The van der Waals surface area contributed by atoms with Crippen molar-refractivity contribution < 1.29 is 41.0 Å². The molecule has 1 aromatic heterocycles. The number of thiazole rings is 1. The quantitative estimate of drug-likeness (QED) is 0.368. The second-order valence-electron chi connectivity index (χ2n) is 9.47. The lowest BCUT2D eigenvalue weighted by Gasteiger charge is -2.34. The number of nitrogens with zero attached hydrogens (tertiary/aromatic N) is 2. The number of anilines is 2. The third kappa shape index (κ3) is 6.66. The number of likely N-dealkylation sites (tertiary alicyclic amines) is 1. The van der Waals surface area contributed by atoms with Gasteiger partial charge in [-0.05, 0) is 38.3 Å². The van der Waals surface area contributed by atoms with Gasteiger partial charge in [-0.1, -0.05) is 11.6 Å². The highest BCUT2D eigenvalue weighted by Crippen LogP contribution is 2.42. The summed E-state index contributed by atoms with van der Waals surface area (Å²) in [7, 11) is 0. The van der Waals surface area contributed by atoms with Crippen LogP contribution in [0.4, 0.5) is 37.2 Å². The molecule has 2 aliphatic rings. The summed E-state index contributed by atoms with van der Waals surface area (Å²) in [6.45, 7) is 1.76. The van der Waals surface area contributed by atoms with Crippen LogP contribution in [0.15, 0.2) is 12.1 Å². The maximum absolute atomic E-state index is 12.8. The SMILES string of the molecule is Cc1c(Nc2nc3c(s2)CCCC3O)cc(Cl)cc1OC1CCN(C(=O)CC(C(F)(F)F)C(F)(F)F)CC1. The van der Waals surface area contributed by atoms with E-state index in [-0.39, 0.29) is 25.9 Å². The van der Waals surface area contributed by atoms with E-state index < -0.39 is 42.8 Å². The minimum Gasteiger partial charge on any atom is -0.490 e. The number of halogens is 7. The van der Waals surface area contributed by atoms with Crippen LogP contribution in [0.25, 0.3) is 0 Å². The van der Waals surface area contributed by atoms with Gasteiger partial charge >= 0.3 is 12.4 Å². The smallest absolute Gasteiger partial charge is 0.400 e. The minimum atomic E-state index is -5.55. The van der Waals surface area contributed by atoms with Crippen molar-refractivity contribution >= 4 is 39.7 Å².